The highest BCUT2D eigenvalue weighted by atomic mass is 32.2. The minimum atomic E-state index is -0.141. The Morgan fingerprint density at radius 3 is 2.19 bits per heavy atom. The number of aliphatic imine (C=N–C) groups is 1. The number of para-hydroxylation sites is 1. The summed E-state index contributed by atoms with van der Waals surface area (Å²) in [7, 11) is 0. The summed E-state index contributed by atoms with van der Waals surface area (Å²) in [6.45, 7) is 3.62. The monoisotopic (exact) mass is 375 g/mol. The highest BCUT2D eigenvalue weighted by Crippen LogP contribution is 2.29. The number of anilines is 1. The first kappa shape index (κ1) is 17.6. The van der Waals surface area contributed by atoms with Gasteiger partial charge in [0.1, 0.15) is 0 Å². The van der Waals surface area contributed by atoms with Gasteiger partial charge in [0.05, 0.1) is 4.91 Å². The van der Waals surface area contributed by atoms with Crippen LogP contribution in [0.15, 0.2) is 82.7 Å². The molecule has 4 rings (SSSR count). The average Bonchev–Trinajstić information content (AvgIpc) is 3.10. The highest BCUT2D eigenvalue weighted by Gasteiger charge is 2.28. The normalized spacial score (nSPS) is 19.2. The molecule has 1 amide bonds. The van der Waals surface area contributed by atoms with E-state index < -0.39 is 0 Å². The lowest BCUT2D eigenvalue weighted by molar-refractivity contribution is -0.113. The molecule has 0 N–H and O–H groups in total. The minimum Gasteiger partial charge on any atom is -0.368 e. The zero-order valence-corrected chi connectivity index (χ0v) is 15.8. The topological polar surface area (TPSA) is 35.9 Å². The van der Waals surface area contributed by atoms with Gasteiger partial charge in [-0.3, -0.25) is 4.79 Å². The predicted molar refractivity (Wildman–Crippen MR) is 114 cm³/mol. The molecule has 1 saturated heterocycles. The molecule has 136 valence electrons. The van der Waals surface area contributed by atoms with Crippen LogP contribution in [0.2, 0.25) is 0 Å². The van der Waals surface area contributed by atoms with Crippen LogP contribution in [0.25, 0.3) is 6.08 Å². The van der Waals surface area contributed by atoms with Crippen LogP contribution < -0.4 is 4.90 Å². The molecule has 0 unspecified atom stereocenters. The van der Waals surface area contributed by atoms with Crippen molar-refractivity contribution in [2.75, 3.05) is 31.1 Å². The third kappa shape index (κ3) is 4.31. The van der Waals surface area contributed by atoms with E-state index >= 15 is 0 Å². The number of allylic oxidation sites excluding steroid dienone is 2. The summed E-state index contributed by atoms with van der Waals surface area (Å²) in [6, 6.07) is 20.5. The number of thioether (sulfide) groups is 1. The maximum absolute atomic E-state index is 12.2. The Kier molecular flexibility index (Phi) is 5.39. The number of piperazine rings is 1. The number of benzene rings is 2. The molecular formula is C22H21N3OS. The predicted octanol–water partition coefficient (Wildman–Crippen LogP) is 4.04. The molecule has 0 aromatic heterocycles. The summed E-state index contributed by atoms with van der Waals surface area (Å²) in [6.07, 6.45) is 5.77. The van der Waals surface area contributed by atoms with Crippen LogP contribution >= 0.6 is 11.8 Å². The fraction of sp³-hybridized carbons (Fsp3) is 0.182. The Morgan fingerprint density at radius 2 is 1.48 bits per heavy atom. The van der Waals surface area contributed by atoms with Crippen LogP contribution in [0.4, 0.5) is 5.69 Å². The molecule has 4 nitrogen and oxygen atoms in total. The molecule has 0 spiro atoms. The first-order valence-electron chi connectivity index (χ1n) is 9.09. The Morgan fingerprint density at radius 1 is 0.852 bits per heavy atom. The van der Waals surface area contributed by atoms with Gasteiger partial charge in [-0.2, -0.15) is 4.99 Å². The molecule has 2 aromatic rings. The molecule has 2 aliphatic rings. The summed E-state index contributed by atoms with van der Waals surface area (Å²) in [4.78, 5) is 21.7. The van der Waals surface area contributed by atoms with Gasteiger partial charge in [0.15, 0.2) is 5.17 Å². The fourth-order valence-electron chi connectivity index (χ4n) is 3.15. The van der Waals surface area contributed by atoms with E-state index in [1.807, 2.05) is 54.6 Å². The number of hydrogen-bond acceptors (Lipinski definition) is 4. The zero-order chi connectivity index (χ0) is 18.5. The highest BCUT2D eigenvalue weighted by molar-refractivity contribution is 8.18. The quantitative estimate of drug-likeness (QED) is 0.759. The second kappa shape index (κ2) is 8.27. The molecule has 2 heterocycles. The van der Waals surface area contributed by atoms with E-state index in [0.717, 1.165) is 36.9 Å². The van der Waals surface area contributed by atoms with Gasteiger partial charge in [-0.05, 0) is 35.5 Å². The van der Waals surface area contributed by atoms with Crippen LogP contribution in [-0.2, 0) is 4.79 Å². The van der Waals surface area contributed by atoms with Crippen molar-refractivity contribution in [2.45, 2.75) is 0 Å². The lowest BCUT2D eigenvalue weighted by Crippen LogP contribution is -2.47. The lowest BCUT2D eigenvalue weighted by atomic mass is 10.2. The van der Waals surface area contributed by atoms with Gasteiger partial charge in [0, 0.05) is 31.9 Å². The third-order valence-corrected chi connectivity index (χ3v) is 5.68. The van der Waals surface area contributed by atoms with Gasteiger partial charge in [-0.25, -0.2) is 0 Å². The second-order valence-electron chi connectivity index (χ2n) is 6.41. The molecule has 27 heavy (non-hydrogen) atoms. The van der Waals surface area contributed by atoms with Crippen LogP contribution in [0, 0.1) is 0 Å². The van der Waals surface area contributed by atoms with E-state index in [9.17, 15) is 4.79 Å². The van der Waals surface area contributed by atoms with Crippen molar-refractivity contribution in [3.8, 4) is 0 Å². The number of carbonyl (C=O) groups is 1. The van der Waals surface area contributed by atoms with E-state index in [-0.39, 0.29) is 5.91 Å². The molecular weight excluding hydrogens is 354 g/mol. The number of rotatable bonds is 3. The van der Waals surface area contributed by atoms with Crippen molar-refractivity contribution in [1.82, 2.24) is 4.90 Å². The number of nitrogens with zero attached hydrogens (tertiary/aromatic N) is 3. The summed E-state index contributed by atoms with van der Waals surface area (Å²) in [5.74, 6) is -0.141. The smallest absolute Gasteiger partial charge is 0.286 e. The zero-order valence-electron chi connectivity index (χ0n) is 15.0. The van der Waals surface area contributed by atoms with Crippen LogP contribution in [0.3, 0.4) is 0 Å². The van der Waals surface area contributed by atoms with Crippen LogP contribution in [-0.4, -0.2) is 42.2 Å². The summed E-state index contributed by atoms with van der Waals surface area (Å²) in [5.41, 5.74) is 2.36. The van der Waals surface area contributed by atoms with Gasteiger partial charge in [0.25, 0.3) is 5.91 Å². The maximum Gasteiger partial charge on any atom is 0.286 e. The van der Waals surface area contributed by atoms with Gasteiger partial charge in [-0.15, -0.1) is 0 Å². The summed E-state index contributed by atoms with van der Waals surface area (Å²) < 4.78 is 0. The Labute approximate surface area is 163 Å². The maximum atomic E-state index is 12.2. The Hall–Kier alpha value is -2.79. The van der Waals surface area contributed by atoms with Gasteiger partial charge in [0.2, 0.25) is 0 Å². The summed E-state index contributed by atoms with van der Waals surface area (Å²) >= 11 is 1.48. The molecule has 0 bridgehead atoms. The van der Waals surface area contributed by atoms with Crippen molar-refractivity contribution in [3.05, 3.63) is 83.3 Å². The Bertz CT molecular complexity index is 882. The van der Waals surface area contributed by atoms with Gasteiger partial charge in [-0.1, -0.05) is 60.7 Å². The van der Waals surface area contributed by atoms with Crippen molar-refractivity contribution in [1.29, 1.82) is 0 Å². The van der Waals surface area contributed by atoms with Crippen molar-refractivity contribution < 1.29 is 4.79 Å². The SMILES string of the molecule is O=C1N=C(N2CCN(c3ccccc3)CC2)SC1=CC=Cc1ccccc1. The first-order valence-corrected chi connectivity index (χ1v) is 9.90. The minimum absolute atomic E-state index is 0.141. The largest absolute Gasteiger partial charge is 0.368 e. The second-order valence-corrected chi connectivity index (χ2v) is 7.42. The summed E-state index contributed by atoms with van der Waals surface area (Å²) in [5, 5.41) is 0.826. The van der Waals surface area contributed by atoms with Crippen molar-refractivity contribution in [2.24, 2.45) is 4.99 Å². The van der Waals surface area contributed by atoms with Crippen LogP contribution in [0.5, 0.6) is 0 Å². The molecule has 2 aliphatic heterocycles. The number of amides is 1. The third-order valence-electron chi connectivity index (χ3n) is 4.62. The van der Waals surface area contributed by atoms with Crippen LogP contribution in [0.1, 0.15) is 5.56 Å². The van der Waals surface area contributed by atoms with Gasteiger partial charge >= 0.3 is 0 Å². The number of hydrogen-bond donors (Lipinski definition) is 0. The molecule has 0 saturated carbocycles. The fourth-order valence-corrected chi connectivity index (χ4v) is 4.07. The van der Waals surface area contributed by atoms with E-state index in [2.05, 4.69) is 39.1 Å². The standard InChI is InChI=1S/C22H21N3OS/c26-21-20(13-7-10-18-8-3-1-4-9-18)27-22(23-21)25-16-14-24(15-17-25)19-11-5-2-6-12-19/h1-13H,14-17H2. The molecule has 0 atom stereocenters. The van der Waals surface area contributed by atoms with Crippen molar-refractivity contribution in [3.63, 3.8) is 0 Å². The molecule has 1 fully saturated rings. The molecule has 2 aromatic carbocycles. The van der Waals surface area contributed by atoms with E-state index in [1.54, 1.807) is 0 Å². The number of amidine groups is 1. The first-order chi connectivity index (χ1) is 13.3. The lowest BCUT2D eigenvalue weighted by Gasteiger charge is -2.36. The van der Waals surface area contributed by atoms with Crippen molar-refractivity contribution >= 4 is 34.6 Å². The van der Waals surface area contributed by atoms with E-state index in [0.29, 0.717) is 4.91 Å². The van der Waals surface area contributed by atoms with E-state index in [4.69, 9.17) is 0 Å². The molecule has 0 radical (unpaired) electrons. The van der Waals surface area contributed by atoms with E-state index in [1.165, 1.54) is 17.4 Å². The molecule has 0 aliphatic carbocycles. The number of carbonyl (C=O) groups excluding carboxylic acids is 1. The average molecular weight is 375 g/mol. The van der Waals surface area contributed by atoms with Gasteiger partial charge < -0.3 is 9.80 Å². The molecule has 5 heteroatoms. The Balaban J connectivity index is 1.35.